The topological polar surface area (TPSA) is 55.7 Å². The van der Waals surface area contributed by atoms with E-state index in [4.69, 9.17) is 4.74 Å². The lowest BCUT2D eigenvalue weighted by atomic mass is 10.2. The van der Waals surface area contributed by atoms with E-state index in [0.717, 1.165) is 19.3 Å². The molecule has 0 aromatic carbocycles. The molecule has 0 aliphatic rings. The first-order valence-electron chi connectivity index (χ1n) is 4.90. The molecule has 0 saturated heterocycles. The number of unbranched alkanes of at least 4 members (excludes halogenated alkanes) is 2. The second-order valence-electron chi connectivity index (χ2n) is 3.32. The lowest BCUT2D eigenvalue weighted by molar-refractivity contribution is -0.147. The van der Waals surface area contributed by atoms with E-state index in [1.807, 2.05) is 13.8 Å². The number of esters is 1. The molecule has 4 heteroatoms. The van der Waals surface area contributed by atoms with E-state index < -0.39 is 0 Å². The number of isocyanates is 1. The molecule has 0 aliphatic heterocycles. The zero-order valence-corrected chi connectivity index (χ0v) is 8.78. The highest BCUT2D eigenvalue weighted by atomic mass is 16.5. The molecule has 0 unspecified atom stereocenters. The van der Waals surface area contributed by atoms with E-state index in [-0.39, 0.29) is 12.1 Å². The molecule has 0 aromatic heterocycles. The number of carbonyl (C=O) groups excluding carboxylic acids is 2. The van der Waals surface area contributed by atoms with Gasteiger partial charge in [0.25, 0.3) is 0 Å². The fourth-order valence-electron chi connectivity index (χ4n) is 1.00. The standard InChI is InChI=1S/C10H17NO3/c1-9(2)14-10(13)6-4-3-5-7-11-8-12/h9H,3-7H2,1-2H3. The largest absolute Gasteiger partial charge is 0.463 e. The number of aliphatic imine (C=N–C) groups is 1. The van der Waals surface area contributed by atoms with E-state index in [2.05, 4.69) is 4.99 Å². The zero-order valence-electron chi connectivity index (χ0n) is 8.78. The Balaban J connectivity index is 3.27. The van der Waals surface area contributed by atoms with Gasteiger partial charge in [0.15, 0.2) is 0 Å². The van der Waals surface area contributed by atoms with Gasteiger partial charge < -0.3 is 4.74 Å². The average molecular weight is 199 g/mol. The third-order valence-electron chi connectivity index (χ3n) is 1.58. The predicted octanol–water partition coefficient (Wildman–Crippen LogP) is 1.83. The highest BCUT2D eigenvalue weighted by Crippen LogP contribution is 2.02. The Bertz CT molecular complexity index is 207. The van der Waals surface area contributed by atoms with Gasteiger partial charge in [-0.15, -0.1) is 0 Å². The number of ether oxygens (including phenoxy) is 1. The van der Waals surface area contributed by atoms with Crippen molar-refractivity contribution in [3.63, 3.8) is 0 Å². The van der Waals surface area contributed by atoms with Crippen molar-refractivity contribution < 1.29 is 14.3 Å². The second kappa shape index (κ2) is 8.45. The van der Waals surface area contributed by atoms with Crippen LogP contribution in [-0.2, 0) is 14.3 Å². The van der Waals surface area contributed by atoms with Crippen LogP contribution < -0.4 is 0 Å². The first-order valence-corrected chi connectivity index (χ1v) is 4.90. The molecule has 0 aromatic rings. The van der Waals surface area contributed by atoms with Crippen LogP contribution in [0, 0.1) is 0 Å². The van der Waals surface area contributed by atoms with Crippen LogP contribution in [-0.4, -0.2) is 24.7 Å². The molecule has 0 fully saturated rings. The monoisotopic (exact) mass is 199 g/mol. The first-order chi connectivity index (χ1) is 6.66. The Morgan fingerprint density at radius 3 is 2.64 bits per heavy atom. The molecule has 0 atom stereocenters. The Labute approximate surface area is 84.4 Å². The molecule has 0 N–H and O–H groups in total. The Morgan fingerprint density at radius 1 is 1.36 bits per heavy atom. The van der Waals surface area contributed by atoms with Crippen molar-refractivity contribution in [2.24, 2.45) is 4.99 Å². The summed E-state index contributed by atoms with van der Waals surface area (Å²) in [5, 5.41) is 0. The molecule has 0 spiro atoms. The minimum atomic E-state index is -0.154. The Hall–Kier alpha value is -1.15. The van der Waals surface area contributed by atoms with Gasteiger partial charge in [0, 0.05) is 6.42 Å². The fourth-order valence-corrected chi connectivity index (χ4v) is 1.00. The maximum absolute atomic E-state index is 11.0. The number of rotatable bonds is 7. The minimum absolute atomic E-state index is 0.0397. The summed E-state index contributed by atoms with van der Waals surface area (Å²) < 4.78 is 4.95. The second-order valence-corrected chi connectivity index (χ2v) is 3.32. The summed E-state index contributed by atoms with van der Waals surface area (Å²) in [4.78, 5) is 24.2. The van der Waals surface area contributed by atoms with Gasteiger partial charge in [0.05, 0.1) is 12.6 Å². The van der Waals surface area contributed by atoms with Crippen molar-refractivity contribution in [2.75, 3.05) is 6.54 Å². The zero-order chi connectivity index (χ0) is 10.8. The number of carbonyl (C=O) groups is 1. The quantitative estimate of drug-likeness (QED) is 0.272. The number of hydrogen-bond donors (Lipinski definition) is 0. The fraction of sp³-hybridized carbons (Fsp3) is 0.800. The minimum Gasteiger partial charge on any atom is -0.463 e. The maximum Gasteiger partial charge on any atom is 0.306 e. The molecule has 0 radical (unpaired) electrons. The van der Waals surface area contributed by atoms with Gasteiger partial charge in [-0.1, -0.05) is 6.42 Å². The SMILES string of the molecule is CC(C)OC(=O)CCCCCN=C=O. The van der Waals surface area contributed by atoms with Crippen LogP contribution in [0.3, 0.4) is 0 Å². The first kappa shape index (κ1) is 12.8. The molecule has 0 rings (SSSR count). The summed E-state index contributed by atoms with van der Waals surface area (Å²) in [5.41, 5.74) is 0. The number of hydrogen-bond acceptors (Lipinski definition) is 4. The maximum atomic E-state index is 11.0. The normalized spacial score (nSPS) is 9.64. The van der Waals surface area contributed by atoms with Crippen LogP contribution in [0.4, 0.5) is 0 Å². The van der Waals surface area contributed by atoms with E-state index >= 15 is 0 Å². The molecule has 0 heterocycles. The summed E-state index contributed by atoms with van der Waals surface area (Å²) in [7, 11) is 0. The van der Waals surface area contributed by atoms with Gasteiger partial charge in [-0.2, -0.15) is 0 Å². The average Bonchev–Trinajstić information content (AvgIpc) is 2.10. The van der Waals surface area contributed by atoms with Gasteiger partial charge in [0.2, 0.25) is 6.08 Å². The number of nitrogens with zero attached hydrogens (tertiary/aromatic N) is 1. The summed E-state index contributed by atoms with van der Waals surface area (Å²) in [5.74, 6) is -0.154. The Morgan fingerprint density at radius 2 is 2.07 bits per heavy atom. The highest BCUT2D eigenvalue weighted by Gasteiger charge is 2.03. The molecular formula is C10H17NO3. The predicted molar refractivity (Wildman–Crippen MR) is 52.7 cm³/mol. The van der Waals surface area contributed by atoms with Crippen LogP contribution in [0.1, 0.15) is 39.5 Å². The van der Waals surface area contributed by atoms with Crippen molar-refractivity contribution in [1.82, 2.24) is 0 Å². The van der Waals surface area contributed by atoms with Gasteiger partial charge in [-0.25, -0.2) is 9.79 Å². The Kier molecular flexibility index (Phi) is 7.75. The molecule has 0 bridgehead atoms. The highest BCUT2D eigenvalue weighted by molar-refractivity contribution is 5.69. The van der Waals surface area contributed by atoms with Crippen molar-refractivity contribution >= 4 is 12.0 Å². The third kappa shape index (κ3) is 8.94. The van der Waals surface area contributed by atoms with Gasteiger partial charge in [-0.3, -0.25) is 4.79 Å². The van der Waals surface area contributed by atoms with Crippen LogP contribution in [0.5, 0.6) is 0 Å². The van der Waals surface area contributed by atoms with E-state index in [0.29, 0.717) is 13.0 Å². The summed E-state index contributed by atoms with van der Waals surface area (Å²) >= 11 is 0. The molecule has 14 heavy (non-hydrogen) atoms. The summed E-state index contributed by atoms with van der Waals surface area (Å²) in [6.45, 7) is 4.16. The van der Waals surface area contributed by atoms with Crippen molar-refractivity contribution in [3.05, 3.63) is 0 Å². The van der Waals surface area contributed by atoms with Crippen LogP contribution in [0.2, 0.25) is 0 Å². The van der Waals surface area contributed by atoms with Gasteiger partial charge in [0.1, 0.15) is 0 Å². The van der Waals surface area contributed by atoms with E-state index in [1.165, 1.54) is 6.08 Å². The van der Waals surface area contributed by atoms with Gasteiger partial charge in [-0.05, 0) is 26.7 Å². The van der Waals surface area contributed by atoms with Crippen molar-refractivity contribution in [3.8, 4) is 0 Å². The van der Waals surface area contributed by atoms with Crippen molar-refractivity contribution in [1.29, 1.82) is 0 Å². The summed E-state index contributed by atoms with van der Waals surface area (Å²) in [6.07, 6.45) is 4.39. The van der Waals surface area contributed by atoms with Crippen LogP contribution in [0.25, 0.3) is 0 Å². The van der Waals surface area contributed by atoms with Crippen LogP contribution >= 0.6 is 0 Å². The molecule has 0 saturated carbocycles. The molecule has 0 aliphatic carbocycles. The lowest BCUT2D eigenvalue weighted by Gasteiger charge is -2.06. The summed E-state index contributed by atoms with van der Waals surface area (Å²) in [6, 6.07) is 0. The van der Waals surface area contributed by atoms with E-state index in [1.54, 1.807) is 0 Å². The van der Waals surface area contributed by atoms with Gasteiger partial charge >= 0.3 is 5.97 Å². The molecule has 80 valence electrons. The molecule has 0 amide bonds. The molecule has 4 nitrogen and oxygen atoms in total. The molecular weight excluding hydrogens is 182 g/mol. The lowest BCUT2D eigenvalue weighted by Crippen LogP contribution is -2.10. The van der Waals surface area contributed by atoms with Crippen molar-refractivity contribution in [2.45, 2.75) is 45.6 Å². The van der Waals surface area contributed by atoms with E-state index in [9.17, 15) is 9.59 Å². The smallest absolute Gasteiger partial charge is 0.306 e. The van der Waals surface area contributed by atoms with Crippen LogP contribution in [0.15, 0.2) is 4.99 Å². The third-order valence-corrected chi connectivity index (χ3v) is 1.58.